The van der Waals surface area contributed by atoms with Crippen LogP contribution >= 0.6 is 0 Å². The van der Waals surface area contributed by atoms with Gasteiger partial charge in [0.05, 0.1) is 7.11 Å². The summed E-state index contributed by atoms with van der Waals surface area (Å²) in [5.74, 6) is 4.48. The topological polar surface area (TPSA) is 12.5 Å². The van der Waals surface area contributed by atoms with Crippen LogP contribution in [0.3, 0.4) is 0 Å². The number of fused-ring (bicyclic) bond motifs is 5. The van der Waals surface area contributed by atoms with Crippen LogP contribution in [0.15, 0.2) is 36.4 Å². The Kier molecular flexibility index (Phi) is 2.20. The Balaban J connectivity index is 1.54. The van der Waals surface area contributed by atoms with Gasteiger partial charge in [-0.2, -0.15) is 0 Å². The fourth-order valence-electron chi connectivity index (χ4n) is 4.16. The summed E-state index contributed by atoms with van der Waals surface area (Å²) in [5, 5.41) is 0. The number of hydrogen-bond donors (Lipinski definition) is 0. The first-order chi connectivity index (χ1) is 8.85. The van der Waals surface area contributed by atoms with Crippen molar-refractivity contribution in [2.24, 2.45) is 23.7 Å². The molecule has 1 heterocycles. The molecule has 4 atom stereocenters. The van der Waals surface area contributed by atoms with Gasteiger partial charge in [0.1, 0.15) is 5.75 Å². The molecular formula is C16H19NO. The van der Waals surface area contributed by atoms with Crippen molar-refractivity contribution in [2.45, 2.75) is 6.42 Å². The summed E-state index contributed by atoms with van der Waals surface area (Å²) >= 11 is 0. The Hall–Kier alpha value is -1.44. The molecule has 0 aromatic heterocycles. The lowest BCUT2D eigenvalue weighted by Crippen LogP contribution is -2.22. The zero-order chi connectivity index (χ0) is 12.1. The van der Waals surface area contributed by atoms with Crippen molar-refractivity contribution < 1.29 is 4.74 Å². The maximum absolute atomic E-state index is 5.22. The largest absolute Gasteiger partial charge is 0.497 e. The molecule has 0 amide bonds. The van der Waals surface area contributed by atoms with Crippen molar-refractivity contribution in [3.63, 3.8) is 0 Å². The molecule has 0 spiro atoms. The average molecular weight is 241 g/mol. The van der Waals surface area contributed by atoms with E-state index in [0.717, 1.165) is 29.4 Å². The van der Waals surface area contributed by atoms with Gasteiger partial charge in [-0.1, -0.05) is 12.2 Å². The minimum absolute atomic E-state index is 0.864. The van der Waals surface area contributed by atoms with E-state index in [-0.39, 0.29) is 0 Å². The number of rotatable bonds is 2. The van der Waals surface area contributed by atoms with Crippen molar-refractivity contribution in [1.82, 2.24) is 0 Å². The van der Waals surface area contributed by atoms with Gasteiger partial charge in [0.2, 0.25) is 0 Å². The molecule has 1 aliphatic heterocycles. The van der Waals surface area contributed by atoms with Gasteiger partial charge in [0.25, 0.3) is 0 Å². The van der Waals surface area contributed by atoms with Gasteiger partial charge in [-0.3, -0.25) is 0 Å². The van der Waals surface area contributed by atoms with Crippen molar-refractivity contribution in [3.05, 3.63) is 36.4 Å². The molecule has 1 aromatic carbocycles. The molecule has 2 bridgehead atoms. The Labute approximate surface area is 108 Å². The van der Waals surface area contributed by atoms with Crippen molar-refractivity contribution in [1.29, 1.82) is 0 Å². The van der Waals surface area contributed by atoms with Crippen LogP contribution in [-0.2, 0) is 0 Å². The van der Waals surface area contributed by atoms with E-state index in [9.17, 15) is 0 Å². The third-order valence-corrected chi connectivity index (χ3v) is 5.10. The SMILES string of the molecule is COc1ccc(N2C[C@@H]3[C@H](C2)[C@@H]2C=C[C@H]3C2)cc1. The quantitative estimate of drug-likeness (QED) is 0.738. The van der Waals surface area contributed by atoms with Crippen LogP contribution in [0.5, 0.6) is 5.75 Å². The van der Waals surface area contributed by atoms with E-state index < -0.39 is 0 Å². The Morgan fingerprint density at radius 3 is 2.17 bits per heavy atom. The number of benzene rings is 1. The fourth-order valence-corrected chi connectivity index (χ4v) is 4.16. The summed E-state index contributed by atoms with van der Waals surface area (Å²) in [6.45, 7) is 2.48. The second kappa shape index (κ2) is 3.78. The minimum Gasteiger partial charge on any atom is -0.497 e. The lowest BCUT2D eigenvalue weighted by molar-refractivity contribution is 0.395. The van der Waals surface area contributed by atoms with E-state index in [4.69, 9.17) is 4.74 Å². The summed E-state index contributed by atoms with van der Waals surface area (Å²) in [7, 11) is 1.72. The van der Waals surface area contributed by atoms with E-state index in [1.165, 1.54) is 25.2 Å². The monoisotopic (exact) mass is 241 g/mol. The first kappa shape index (κ1) is 10.5. The summed E-state index contributed by atoms with van der Waals surface area (Å²) in [6.07, 6.45) is 6.35. The molecule has 18 heavy (non-hydrogen) atoms. The maximum Gasteiger partial charge on any atom is 0.119 e. The smallest absolute Gasteiger partial charge is 0.119 e. The van der Waals surface area contributed by atoms with Gasteiger partial charge >= 0.3 is 0 Å². The molecule has 1 saturated heterocycles. The van der Waals surface area contributed by atoms with E-state index in [0.29, 0.717) is 0 Å². The number of ether oxygens (including phenoxy) is 1. The molecule has 0 N–H and O–H groups in total. The predicted octanol–water partition coefficient (Wildman–Crippen LogP) is 2.95. The van der Waals surface area contributed by atoms with Crippen LogP contribution in [0, 0.1) is 23.7 Å². The van der Waals surface area contributed by atoms with E-state index in [2.05, 4.69) is 41.3 Å². The second-order valence-electron chi connectivity index (χ2n) is 5.88. The van der Waals surface area contributed by atoms with Gasteiger partial charge in [-0.15, -0.1) is 0 Å². The first-order valence-corrected chi connectivity index (χ1v) is 6.92. The standard InChI is InChI=1S/C16H19NO/c1-18-14-6-4-13(5-7-14)17-9-15-11-2-3-12(8-11)16(15)10-17/h2-7,11-12,15-16H,8-10H2,1H3/t11-,12+,15-,16+. The second-order valence-corrected chi connectivity index (χ2v) is 5.88. The number of methoxy groups -OCH3 is 1. The molecule has 0 unspecified atom stereocenters. The highest BCUT2D eigenvalue weighted by atomic mass is 16.5. The normalized spacial score (nSPS) is 36.2. The molecule has 3 aliphatic rings. The molecule has 2 fully saturated rings. The molecule has 2 nitrogen and oxygen atoms in total. The highest BCUT2D eigenvalue weighted by molar-refractivity contribution is 5.50. The summed E-state index contributed by atoms with van der Waals surface area (Å²) in [4.78, 5) is 2.56. The van der Waals surface area contributed by atoms with Crippen LogP contribution in [0.4, 0.5) is 5.69 Å². The van der Waals surface area contributed by atoms with Crippen molar-refractivity contribution in [2.75, 3.05) is 25.1 Å². The lowest BCUT2D eigenvalue weighted by atomic mass is 9.86. The number of hydrogen-bond acceptors (Lipinski definition) is 2. The summed E-state index contributed by atoms with van der Waals surface area (Å²) in [5.41, 5.74) is 1.35. The Morgan fingerprint density at radius 2 is 1.61 bits per heavy atom. The van der Waals surface area contributed by atoms with E-state index in [1.54, 1.807) is 7.11 Å². The number of nitrogens with zero attached hydrogens (tertiary/aromatic N) is 1. The Morgan fingerprint density at radius 1 is 1.00 bits per heavy atom. The molecule has 2 aliphatic carbocycles. The highest BCUT2D eigenvalue weighted by Gasteiger charge is 2.49. The van der Waals surface area contributed by atoms with Gasteiger partial charge < -0.3 is 9.64 Å². The van der Waals surface area contributed by atoms with Gasteiger partial charge in [0, 0.05) is 18.8 Å². The fraction of sp³-hybridized carbons (Fsp3) is 0.500. The molecule has 4 rings (SSSR count). The van der Waals surface area contributed by atoms with Crippen LogP contribution in [0.25, 0.3) is 0 Å². The molecule has 2 heteroatoms. The van der Waals surface area contributed by atoms with Gasteiger partial charge in [-0.25, -0.2) is 0 Å². The highest BCUT2D eigenvalue weighted by Crippen LogP contribution is 2.51. The number of allylic oxidation sites excluding steroid dienone is 2. The van der Waals surface area contributed by atoms with Gasteiger partial charge in [-0.05, 0) is 54.4 Å². The number of anilines is 1. The molecule has 94 valence electrons. The third-order valence-electron chi connectivity index (χ3n) is 5.10. The summed E-state index contributed by atoms with van der Waals surface area (Å²) in [6, 6.07) is 8.51. The predicted molar refractivity (Wildman–Crippen MR) is 72.9 cm³/mol. The summed E-state index contributed by atoms with van der Waals surface area (Å²) < 4.78 is 5.22. The van der Waals surface area contributed by atoms with Crippen molar-refractivity contribution >= 4 is 5.69 Å². The zero-order valence-corrected chi connectivity index (χ0v) is 10.8. The van der Waals surface area contributed by atoms with Gasteiger partial charge in [0.15, 0.2) is 0 Å². The Bertz CT molecular complexity index is 458. The van der Waals surface area contributed by atoms with E-state index in [1.807, 2.05) is 0 Å². The molecule has 1 saturated carbocycles. The van der Waals surface area contributed by atoms with Crippen LogP contribution in [0.1, 0.15) is 6.42 Å². The molecule has 1 aromatic rings. The van der Waals surface area contributed by atoms with Crippen LogP contribution < -0.4 is 9.64 Å². The lowest BCUT2D eigenvalue weighted by Gasteiger charge is -2.21. The first-order valence-electron chi connectivity index (χ1n) is 6.92. The van der Waals surface area contributed by atoms with Crippen LogP contribution in [-0.4, -0.2) is 20.2 Å². The third kappa shape index (κ3) is 1.41. The maximum atomic E-state index is 5.22. The molecule has 0 radical (unpaired) electrons. The van der Waals surface area contributed by atoms with E-state index >= 15 is 0 Å². The van der Waals surface area contributed by atoms with Crippen molar-refractivity contribution in [3.8, 4) is 5.75 Å². The van der Waals surface area contributed by atoms with Crippen LogP contribution in [0.2, 0.25) is 0 Å². The molecular weight excluding hydrogens is 222 g/mol. The average Bonchev–Trinajstić information content (AvgIpc) is 3.10. The minimum atomic E-state index is 0.864. The zero-order valence-electron chi connectivity index (χ0n) is 10.8.